The van der Waals surface area contributed by atoms with Crippen LogP contribution in [0.5, 0.6) is 0 Å². The van der Waals surface area contributed by atoms with Crippen LogP contribution < -0.4 is 16.1 Å². The number of oxazole rings is 2. The fraction of sp³-hybridized carbons (Fsp3) is 0.0870. The maximum absolute atomic E-state index is 12.5. The lowest BCUT2D eigenvalue weighted by Crippen LogP contribution is -2.29. The quantitative estimate of drug-likeness (QED) is 0.111. The van der Waals surface area contributed by atoms with Crippen molar-refractivity contribution < 1.29 is 28.5 Å². The first-order valence-corrected chi connectivity index (χ1v) is 20.9. The van der Waals surface area contributed by atoms with Crippen molar-refractivity contribution in [1.29, 1.82) is 0 Å². The Morgan fingerprint density at radius 1 is 0.576 bits per heavy atom. The molecule has 6 heterocycles. The molecule has 0 radical (unpaired) electrons. The molecule has 0 aliphatic heterocycles. The summed E-state index contributed by atoms with van der Waals surface area (Å²) in [5.74, 6) is 2.61. The van der Waals surface area contributed by atoms with Gasteiger partial charge >= 0.3 is 7.12 Å². The van der Waals surface area contributed by atoms with E-state index in [9.17, 15) is 9.59 Å². The highest BCUT2D eigenvalue weighted by atomic mass is 79.9. The maximum Gasteiger partial charge on any atom is 0.488 e. The maximum atomic E-state index is 12.5. The highest BCUT2D eigenvalue weighted by molar-refractivity contribution is 9.10. The van der Waals surface area contributed by atoms with Crippen molar-refractivity contribution >= 4 is 63.3 Å². The number of halogens is 1. The van der Waals surface area contributed by atoms with E-state index in [1.165, 1.54) is 0 Å². The van der Waals surface area contributed by atoms with Gasteiger partial charge < -0.3 is 29.5 Å². The Morgan fingerprint density at radius 2 is 1.05 bits per heavy atom. The van der Waals surface area contributed by atoms with E-state index in [0.717, 1.165) is 26.7 Å². The molecule has 0 unspecified atom stereocenters. The second-order valence-electron chi connectivity index (χ2n) is 14.5. The van der Waals surface area contributed by atoms with Crippen LogP contribution in [0.1, 0.15) is 44.3 Å². The van der Waals surface area contributed by atoms with E-state index in [0.29, 0.717) is 63.2 Å². The number of hydrogen-bond donors (Lipinski definition) is 4. The number of aryl methyl sites for hydroxylation is 4. The van der Waals surface area contributed by atoms with Crippen molar-refractivity contribution in [2.75, 3.05) is 10.6 Å². The van der Waals surface area contributed by atoms with Crippen LogP contribution in [0.2, 0.25) is 0 Å². The molecule has 0 saturated carbocycles. The molecule has 6 aromatic heterocycles. The summed E-state index contributed by atoms with van der Waals surface area (Å²) in [6.07, 6.45) is 7.11. The highest BCUT2D eigenvalue weighted by Gasteiger charge is 2.19. The molecule has 0 atom stereocenters. The molecule has 18 nitrogen and oxygen atoms in total. The lowest BCUT2D eigenvalue weighted by molar-refractivity contribution is 0.0987. The summed E-state index contributed by atoms with van der Waals surface area (Å²) in [6, 6.07) is 33.2. The first kappa shape index (κ1) is 44.4. The van der Waals surface area contributed by atoms with Gasteiger partial charge in [-0.15, -0.1) is 10.2 Å². The number of carbonyl (C=O) groups is 2. The van der Waals surface area contributed by atoms with E-state index in [2.05, 4.69) is 66.7 Å². The Hall–Kier alpha value is -8.20. The van der Waals surface area contributed by atoms with Crippen molar-refractivity contribution in [2.45, 2.75) is 27.7 Å². The zero-order valence-corrected chi connectivity index (χ0v) is 37.2. The average molecular weight is 946 g/mol. The molecule has 66 heavy (non-hydrogen) atoms. The number of anilines is 2. The number of aromatic nitrogens is 10. The van der Waals surface area contributed by atoms with Crippen LogP contribution in [-0.4, -0.2) is 78.1 Å². The van der Waals surface area contributed by atoms with Crippen molar-refractivity contribution in [2.24, 2.45) is 0 Å². The third-order valence-electron chi connectivity index (χ3n) is 9.54. The number of nitrogens with one attached hydrogen (secondary N) is 2. The van der Waals surface area contributed by atoms with Crippen molar-refractivity contribution in [3.8, 4) is 33.9 Å². The zero-order valence-electron chi connectivity index (χ0n) is 35.7. The summed E-state index contributed by atoms with van der Waals surface area (Å²) >= 11 is 3.35. The zero-order chi connectivity index (χ0) is 46.3. The van der Waals surface area contributed by atoms with E-state index in [1.807, 2.05) is 72.9 Å². The highest BCUT2D eigenvalue weighted by Crippen LogP contribution is 2.24. The van der Waals surface area contributed by atoms with Crippen molar-refractivity contribution in [1.82, 2.24) is 49.1 Å². The Bertz CT molecular complexity index is 3320. The van der Waals surface area contributed by atoms with Gasteiger partial charge in [-0.25, -0.2) is 29.0 Å². The largest absolute Gasteiger partial charge is 0.488 e. The minimum atomic E-state index is -1.34. The Morgan fingerprint density at radius 3 is 1.52 bits per heavy atom. The summed E-state index contributed by atoms with van der Waals surface area (Å²) in [5.41, 5.74) is 6.35. The van der Waals surface area contributed by atoms with Gasteiger partial charge in [0, 0.05) is 66.7 Å². The molecule has 0 bridgehead atoms. The number of benzene rings is 4. The molecule has 0 aliphatic carbocycles. The average Bonchev–Trinajstić information content (AvgIpc) is 4.11. The molecule has 328 valence electrons. The number of carbonyl (C=O) groups excluding carboxylic acids is 2. The summed E-state index contributed by atoms with van der Waals surface area (Å²) < 4.78 is 14.8. The lowest BCUT2D eigenvalue weighted by atomic mass is 9.81. The van der Waals surface area contributed by atoms with Crippen molar-refractivity contribution in [3.63, 3.8) is 0 Å². The molecule has 0 fully saturated rings. The standard InChI is InChI=1S/C23H18N6O2.C17H13BrN6O2.C6H7BO2/c1-14-20(31-15(2)25-14)22(30)26-19-10-6-9-17(11-19)21-27-23-24-12-18(13-29(23)28-21)16-7-4-3-5-8-16;1-9-14(26-10(2)20-9)16(25)21-13-5-3-4-11(6-13)15-22-17-19-7-12(18)8-24(17)23-15;8-7(9)6-4-2-1-3-5-6/h3-13H,1-2H3,(H,26,30);3-8H,1-2H3,(H,21,25);1-5,8-9H. The topological polar surface area (TPSA) is 237 Å². The molecular formula is C46H38BBrN12O6. The van der Waals surface area contributed by atoms with Crippen LogP contribution >= 0.6 is 15.9 Å². The molecular weight excluding hydrogens is 907 g/mol. The minimum absolute atomic E-state index is 0.200. The van der Waals surface area contributed by atoms with Crippen molar-refractivity contribution in [3.05, 3.63) is 173 Å². The van der Waals surface area contributed by atoms with E-state index < -0.39 is 7.12 Å². The SMILES string of the molecule is Cc1nc(C)c(C(=O)Nc2cccc(-c3nc4ncc(-c5ccccc5)cn4n3)c2)o1.Cc1nc(C)c(C(=O)Nc2cccc(-c3nc4ncc(Br)cn4n3)c2)o1.OB(O)c1ccccc1. The van der Waals surface area contributed by atoms with Gasteiger partial charge in [0.25, 0.3) is 23.4 Å². The van der Waals surface area contributed by atoms with E-state index in [-0.39, 0.29) is 23.3 Å². The molecule has 10 aromatic rings. The molecule has 10 rings (SSSR count). The molecule has 20 heteroatoms. The second-order valence-corrected chi connectivity index (χ2v) is 15.4. The van der Waals surface area contributed by atoms with Gasteiger partial charge in [0.2, 0.25) is 11.5 Å². The molecule has 0 spiro atoms. The number of amides is 2. The number of fused-ring (bicyclic) bond motifs is 2. The predicted molar refractivity (Wildman–Crippen MR) is 250 cm³/mol. The normalized spacial score (nSPS) is 10.8. The smallest absolute Gasteiger partial charge is 0.436 e. The van der Waals surface area contributed by atoms with Gasteiger partial charge in [-0.2, -0.15) is 9.97 Å². The van der Waals surface area contributed by atoms with Crippen LogP contribution in [0.4, 0.5) is 11.4 Å². The molecule has 0 aliphatic rings. The third kappa shape index (κ3) is 10.6. The lowest BCUT2D eigenvalue weighted by Gasteiger charge is -2.04. The molecule has 0 saturated heterocycles. The Balaban J connectivity index is 0.000000153. The molecule has 2 amide bonds. The van der Waals surface area contributed by atoms with Gasteiger partial charge in [-0.05, 0) is 65.1 Å². The number of hydrogen-bond acceptors (Lipinski definition) is 14. The number of nitrogens with zero attached hydrogens (tertiary/aromatic N) is 10. The second kappa shape index (κ2) is 19.7. The van der Waals surface area contributed by atoms with Gasteiger partial charge in [0.1, 0.15) is 0 Å². The van der Waals surface area contributed by atoms with Crippen LogP contribution in [0.3, 0.4) is 0 Å². The predicted octanol–water partition coefficient (Wildman–Crippen LogP) is 7.09. The van der Waals surface area contributed by atoms with Crippen LogP contribution in [0.25, 0.3) is 45.5 Å². The summed E-state index contributed by atoms with van der Waals surface area (Å²) in [4.78, 5) is 50.7. The monoisotopic (exact) mass is 944 g/mol. The van der Waals surface area contributed by atoms with E-state index in [1.54, 1.807) is 97.8 Å². The van der Waals surface area contributed by atoms with E-state index in [4.69, 9.17) is 18.9 Å². The third-order valence-corrected chi connectivity index (χ3v) is 9.95. The van der Waals surface area contributed by atoms with Gasteiger partial charge in [0.15, 0.2) is 23.4 Å². The molecule has 4 N–H and O–H groups in total. The van der Waals surface area contributed by atoms with Gasteiger partial charge in [0.05, 0.1) is 15.9 Å². The Kier molecular flexibility index (Phi) is 13.2. The van der Waals surface area contributed by atoms with Crippen LogP contribution in [0.15, 0.2) is 147 Å². The number of rotatable bonds is 8. The summed E-state index contributed by atoms with van der Waals surface area (Å²) in [7, 11) is -1.34. The van der Waals surface area contributed by atoms with Gasteiger partial charge in [-0.3, -0.25) is 9.59 Å². The van der Waals surface area contributed by atoms with E-state index >= 15 is 0 Å². The van der Waals surface area contributed by atoms with Crippen LogP contribution in [-0.2, 0) is 0 Å². The Labute approximate surface area is 384 Å². The fourth-order valence-electron chi connectivity index (χ4n) is 6.52. The minimum Gasteiger partial charge on any atom is -0.436 e. The summed E-state index contributed by atoms with van der Waals surface area (Å²) in [6.45, 7) is 6.87. The fourth-order valence-corrected chi connectivity index (χ4v) is 6.82. The summed E-state index contributed by atoms with van der Waals surface area (Å²) in [5, 5.41) is 31.8. The first-order chi connectivity index (χ1) is 31.9. The van der Waals surface area contributed by atoms with Crippen LogP contribution in [0, 0.1) is 27.7 Å². The van der Waals surface area contributed by atoms with Gasteiger partial charge in [-0.1, -0.05) is 84.9 Å². The first-order valence-electron chi connectivity index (χ1n) is 20.2. The molecule has 4 aromatic carbocycles.